The van der Waals surface area contributed by atoms with Crippen LogP contribution in [0.4, 0.5) is 4.79 Å². The molecule has 0 aliphatic carbocycles. The van der Waals surface area contributed by atoms with Gasteiger partial charge in [-0.3, -0.25) is 0 Å². The number of nitrogens with zero attached hydrogens (tertiary/aromatic N) is 2. The third-order valence-electron chi connectivity index (χ3n) is 2.83. The first-order valence-electron chi connectivity index (χ1n) is 6.94. The molecule has 0 saturated carbocycles. The van der Waals surface area contributed by atoms with Crippen molar-refractivity contribution in [3.05, 3.63) is 17.3 Å². The fraction of sp³-hybridized carbons (Fsp3) is 0.643. The molecule has 21 heavy (non-hydrogen) atoms. The van der Waals surface area contributed by atoms with E-state index in [4.69, 9.17) is 13.9 Å². The fourth-order valence-corrected chi connectivity index (χ4v) is 1.96. The van der Waals surface area contributed by atoms with Crippen LogP contribution in [0, 0.1) is 0 Å². The molecule has 1 aromatic rings. The van der Waals surface area contributed by atoms with Crippen molar-refractivity contribution in [1.82, 2.24) is 9.88 Å². The number of oxazole rings is 1. The lowest BCUT2D eigenvalue weighted by atomic mass is 10.1. The molecular formula is C14H20N2O5. The monoisotopic (exact) mass is 296 g/mol. The first kappa shape index (κ1) is 15.3. The van der Waals surface area contributed by atoms with Gasteiger partial charge in [0.1, 0.15) is 11.4 Å². The molecule has 7 nitrogen and oxygen atoms in total. The molecule has 2 heterocycles. The van der Waals surface area contributed by atoms with Crippen molar-refractivity contribution >= 4 is 12.1 Å². The highest BCUT2D eigenvalue weighted by molar-refractivity contribution is 5.84. The van der Waals surface area contributed by atoms with Crippen molar-refractivity contribution in [2.75, 3.05) is 13.2 Å². The third kappa shape index (κ3) is 3.74. The fourth-order valence-electron chi connectivity index (χ4n) is 1.96. The summed E-state index contributed by atoms with van der Waals surface area (Å²) < 4.78 is 15.6. The molecule has 0 N–H and O–H groups in total. The van der Waals surface area contributed by atoms with Gasteiger partial charge in [0, 0.05) is 13.0 Å². The molecule has 1 aliphatic rings. The van der Waals surface area contributed by atoms with Crippen LogP contribution in [0.3, 0.4) is 0 Å². The Hall–Kier alpha value is -2.05. The van der Waals surface area contributed by atoms with E-state index in [0.29, 0.717) is 24.4 Å². The first-order valence-corrected chi connectivity index (χ1v) is 6.94. The Labute approximate surface area is 123 Å². The molecule has 0 aromatic carbocycles. The Kier molecular flexibility index (Phi) is 4.20. The average Bonchev–Trinajstić information content (AvgIpc) is 2.79. The number of carbonyl (C=O) groups excluding carboxylic acids is 2. The molecule has 1 aliphatic heterocycles. The second kappa shape index (κ2) is 5.75. The number of rotatable bonds is 2. The molecule has 0 unspecified atom stereocenters. The summed E-state index contributed by atoms with van der Waals surface area (Å²) in [5, 5.41) is 0. The van der Waals surface area contributed by atoms with Crippen LogP contribution < -0.4 is 0 Å². The summed E-state index contributed by atoms with van der Waals surface area (Å²) in [6.45, 7) is 8.14. The number of ether oxygens (including phenoxy) is 2. The van der Waals surface area contributed by atoms with Crippen LogP contribution in [0.1, 0.15) is 49.8 Å². The molecule has 116 valence electrons. The van der Waals surface area contributed by atoms with Gasteiger partial charge < -0.3 is 18.8 Å². The predicted octanol–water partition coefficient (Wildman–Crippen LogP) is 2.14. The van der Waals surface area contributed by atoms with E-state index < -0.39 is 17.7 Å². The van der Waals surface area contributed by atoms with Crippen LogP contribution in [0.15, 0.2) is 4.42 Å². The Morgan fingerprint density at radius 2 is 2.10 bits per heavy atom. The molecule has 0 saturated heterocycles. The second-order valence-electron chi connectivity index (χ2n) is 5.76. The lowest BCUT2D eigenvalue weighted by Gasteiger charge is -2.28. The van der Waals surface area contributed by atoms with E-state index in [1.807, 2.05) is 20.8 Å². The second-order valence-corrected chi connectivity index (χ2v) is 5.76. The SMILES string of the molecule is CCOC(=O)c1nc2c(o1)CN(C(=O)OC(C)(C)C)CC2. The van der Waals surface area contributed by atoms with Crippen LogP contribution in [-0.2, 0) is 22.4 Å². The van der Waals surface area contributed by atoms with Gasteiger partial charge in [0.25, 0.3) is 0 Å². The van der Waals surface area contributed by atoms with E-state index in [1.54, 1.807) is 6.92 Å². The first-order chi connectivity index (χ1) is 9.80. The molecular weight excluding hydrogens is 276 g/mol. The minimum Gasteiger partial charge on any atom is -0.459 e. The summed E-state index contributed by atoms with van der Waals surface area (Å²) in [5.41, 5.74) is 0.146. The molecule has 0 spiro atoms. The van der Waals surface area contributed by atoms with E-state index in [0.717, 1.165) is 0 Å². The Balaban J connectivity index is 2.07. The Morgan fingerprint density at radius 1 is 1.38 bits per heavy atom. The van der Waals surface area contributed by atoms with Crippen LogP contribution in [0.2, 0.25) is 0 Å². The maximum atomic E-state index is 12.0. The van der Waals surface area contributed by atoms with Gasteiger partial charge in [-0.25, -0.2) is 14.6 Å². The van der Waals surface area contributed by atoms with Gasteiger partial charge in [-0.2, -0.15) is 0 Å². The molecule has 1 amide bonds. The van der Waals surface area contributed by atoms with Crippen molar-refractivity contribution in [1.29, 1.82) is 0 Å². The Morgan fingerprint density at radius 3 is 2.71 bits per heavy atom. The van der Waals surface area contributed by atoms with Gasteiger partial charge in [-0.1, -0.05) is 0 Å². The van der Waals surface area contributed by atoms with E-state index in [1.165, 1.54) is 4.90 Å². The summed E-state index contributed by atoms with van der Waals surface area (Å²) in [4.78, 5) is 29.3. The number of carbonyl (C=O) groups is 2. The highest BCUT2D eigenvalue weighted by atomic mass is 16.6. The molecule has 2 rings (SSSR count). The largest absolute Gasteiger partial charge is 0.459 e. The maximum absolute atomic E-state index is 12.0. The van der Waals surface area contributed by atoms with Crippen LogP contribution in [0.25, 0.3) is 0 Å². The number of amides is 1. The highest BCUT2D eigenvalue weighted by Crippen LogP contribution is 2.22. The molecule has 0 atom stereocenters. The Bertz CT molecular complexity index is 544. The van der Waals surface area contributed by atoms with Crippen LogP contribution in [-0.4, -0.2) is 40.7 Å². The average molecular weight is 296 g/mol. The van der Waals surface area contributed by atoms with E-state index in [2.05, 4.69) is 4.98 Å². The van der Waals surface area contributed by atoms with Crippen molar-refractivity contribution < 1.29 is 23.5 Å². The number of esters is 1. The number of hydrogen-bond acceptors (Lipinski definition) is 6. The highest BCUT2D eigenvalue weighted by Gasteiger charge is 2.30. The van der Waals surface area contributed by atoms with Gasteiger partial charge >= 0.3 is 18.0 Å². The normalized spacial score (nSPS) is 14.6. The molecule has 1 aromatic heterocycles. The van der Waals surface area contributed by atoms with Crippen LogP contribution in [0.5, 0.6) is 0 Å². The van der Waals surface area contributed by atoms with E-state index in [-0.39, 0.29) is 19.0 Å². The minimum atomic E-state index is -0.587. The molecule has 0 bridgehead atoms. The molecule has 0 fully saturated rings. The zero-order chi connectivity index (χ0) is 15.6. The number of aromatic nitrogens is 1. The number of hydrogen-bond donors (Lipinski definition) is 0. The van der Waals surface area contributed by atoms with Crippen molar-refractivity contribution in [2.24, 2.45) is 0 Å². The summed E-state index contributed by atoms with van der Waals surface area (Å²) >= 11 is 0. The third-order valence-corrected chi connectivity index (χ3v) is 2.83. The number of fused-ring (bicyclic) bond motifs is 1. The van der Waals surface area contributed by atoms with Gasteiger partial charge in [-0.15, -0.1) is 0 Å². The zero-order valence-corrected chi connectivity index (χ0v) is 12.8. The molecule has 0 radical (unpaired) electrons. The van der Waals surface area contributed by atoms with Crippen molar-refractivity contribution in [2.45, 2.75) is 46.3 Å². The quantitative estimate of drug-likeness (QED) is 0.778. The molecule has 7 heteroatoms. The smallest absolute Gasteiger partial charge is 0.410 e. The lowest BCUT2D eigenvalue weighted by molar-refractivity contribution is 0.0208. The van der Waals surface area contributed by atoms with Crippen molar-refractivity contribution in [3.8, 4) is 0 Å². The van der Waals surface area contributed by atoms with Gasteiger partial charge in [0.15, 0.2) is 0 Å². The lowest BCUT2D eigenvalue weighted by Crippen LogP contribution is -2.39. The van der Waals surface area contributed by atoms with E-state index in [9.17, 15) is 9.59 Å². The minimum absolute atomic E-state index is 0.0621. The van der Waals surface area contributed by atoms with E-state index >= 15 is 0 Å². The summed E-state index contributed by atoms with van der Waals surface area (Å²) in [6.07, 6.45) is 0.125. The van der Waals surface area contributed by atoms with Gasteiger partial charge in [0.05, 0.1) is 18.8 Å². The summed E-state index contributed by atoms with van der Waals surface area (Å²) in [5.74, 6) is -0.140. The van der Waals surface area contributed by atoms with Gasteiger partial charge in [0.2, 0.25) is 0 Å². The van der Waals surface area contributed by atoms with Crippen LogP contribution >= 0.6 is 0 Å². The standard InChI is InChI=1S/C14H20N2O5/c1-5-19-12(17)11-15-9-6-7-16(8-10(9)20-11)13(18)21-14(2,3)4/h5-8H2,1-4H3. The van der Waals surface area contributed by atoms with Gasteiger partial charge in [-0.05, 0) is 27.7 Å². The summed E-state index contributed by atoms with van der Waals surface area (Å²) in [6, 6.07) is 0. The van der Waals surface area contributed by atoms with Crippen molar-refractivity contribution in [3.63, 3.8) is 0 Å². The topological polar surface area (TPSA) is 81.9 Å². The summed E-state index contributed by atoms with van der Waals surface area (Å²) in [7, 11) is 0. The predicted molar refractivity (Wildman–Crippen MR) is 72.8 cm³/mol. The maximum Gasteiger partial charge on any atom is 0.410 e. The zero-order valence-electron chi connectivity index (χ0n) is 12.8.